The van der Waals surface area contributed by atoms with E-state index in [1.54, 1.807) is 22.7 Å². The van der Waals surface area contributed by atoms with Gasteiger partial charge in [-0.3, -0.25) is 4.79 Å². The molecule has 5 heteroatoms. The van der Waals surface area contributed by atoms with Gasteiger partial charge >= 0.3 is 0 Å². The monoisotopic (exact) mass is 414 g/mol. The Hall–Kier alpha value is -1.91. The smallest absolute Gasteiger partial charge is 0.195 e. The highest BCUT2D eigenvalue weighted by atomic mass is 35.5. The fourth-order valence-corrected chi connectivity index (χ4v) is 4.99. The van der Waals surface area contributed by atoms with Crippen LogP contribution in [-0.4, -0.2) is 5.78 Å². The topological polar surface area (TPSA) is 17.1 Å². The maximum Gasteiger partial charge on any atom is 0.195 e. The molecule has 0 fully saturated rings. The molecule has 2 heterocycles. The van der Waals surface area contributed by atoms with Crippen molar-refractivity contribution in [2.75, 3.05) is 0 Å². The lowest BCUT2D eigenvalue weighted by Crippen LogP contribution is -2.01. The number of hydrogen-bond donors (Lipinski definition) is 0. The third-order valence-electron chi connectivity index (χ3n) is 3.99. The molecule has 4 aromatic rings. The van der Waals surface area contributed by atoms with Gasteiger partial charge in [0, 0.05) is 30.9 Å². The SMILES string of the molecule is O=C(c1ccsc1-c1cccc(Cl)c1)c1ccsc1-c1cccc(Cl)c1. The maximum atomic E-state index is 13.3. The summed E-state index contributed by atoms with van der Waals surface area (Å²) in [6.45, 7) is 0. The second-order valence-corrected chi connectivity index (χ2v) is 8.38. The van der Waals surface area contributed by atoms with Gasteiger partial charge in [0.15, 0.2) is 5.78 Å². The van der Waals surface area contributed by atoms with Crippen LogP contribution in [0.2, 0.25) is 10.0 Å². The molecule has 26 heavy (non-hydrogen) atoms. The van der Waals surface area contributed by atoms with Crippen LogP contribution in [-0.2, 0) is 0 Å². The van der Waals surface area contributed by atoms with Crippen molar-refractivity contribution >= 4 is 51.7 Å². The molecule has 2 aromatic heterocycles. The summed E-state index contributed by atoms with van der Waals surface area (Å²) < 4.78 is 0. The molecule has 1 nitrogen and oxygen atoms in total. The number of thiophene rings is 2. The summed E-state index contributed by atoms with van der Waals surface area (Å²) in [6.07, 6.45) is 0. The van der Waals surface area contributed by atoms with Crippen LogP contribution >= 0.6 is 45.9 Å². The minimum absolute atomic E-state index is 0.0115. The largest absolute Gasteiger partial charge is 0.289 e. The summed E-state index contributed by atoms with van der Waals surface area (Å²) in [6, 6.07) is 18.9. The van der Waals surface area contributed by atoms with Crippen LogP contribution in [0.4, 0.5) is 0 Å². The van der Waals surface area contributed by atoms with Crippen LogP contribution in [0.25, 0.3) is 20.9 Å². The van der Waals surface area contributed by atoms with E-state index < -0.39 is 0 Å². The van der Waals surface area contributed by atoms with Crippen LogP contribution in [0.1, 0.15) is 15.9 Å². The van der Waals surface area contributed by atoms with Crippen molar-refractivity contribution in [3.05, 3.63) is 92.6 Å². The normalized spacial score (nSPS) is 10.8. The molecule has 0 atom stereocenters. The molecule has 0 saturated heterocycles. The summed E-state index contributed by atoms with van der Waals surface area (Å²) in [4.78, 5) is 15.1. The maximum absolute atomic E-state index is 13.3. The Morgan fingerprint density at radius 1 is 0.692 bits per heavy atom. The lowest BCUT2D eigenvalue weighted by molar-refractivity contribution is 0.104. The summed E-state index contributed by atoms with van der Waals surface area (Å²) in [5, 5.41) is 5.19. The molecule has 0 bridgehead atoms. The van der Waals surface area contributed by atoms with Gasteiger partial charge in [0.25, 0.3) is 0 Å². The Kier molecular flexibility index (Phi) is 4.96. The van der Waals surface area contributed by atoms with E-state index >= 15 is 0 Å². The Morgan fingerprint density at radius 3 is 1.58 bits per heavy atom. The first-order valence-electron chi connectivity index (χ1n) is 7.85. The van der Waals surface area contributed by atoms with E-state index in [-0.39, 0.29) is 5.78 Å². The van der Waals surface area contributed by atoms with Crippen LogP contribution in [0, 0.1) is 0 Å². The van der Waals surface area contributed by atoms with Crippen molar-refractivity contribution in [1.82, 2.24) is 0 Å². The highest BCUT2D eigenvalue weighted by molar-refractivity contribution is 7.14. The summed E-state index contributed by atoms with van der Waals surface area (Å²) >= 11 is 15.3. The average Bonchev–Trinajstić information content (AvgIpc) is 3.31. The molecule has 0 aliphatic carbocycles. The second-order valence-electron chi connectivity index (χ2n) is 5.68. The molecule has 0 aliphatic rings. The predicted molar refractivity (Wildman–Crippen MR) is 113 cm³/mol. The van der Waals surface area contributed by atoms with Crippen LogP contribution < -0.4 is 0 Å². The van der Waals surface area contributed by atoms with E-state index in [4.69, 9.17) is 23.2 Å². The summed E-state index contributed by atoms with van der Waals surface area (Å²) in [5.41, 5.74) is 3.30. The molecule has 0 N–H and O–H groups in total. The first kappa shape index (κ1) is 17.5. The number of halogens is 2. The fraction of sp³-hybridized carbons (Fsp3) is 0. The molecule has 0 unspecified atom stereocenters. The van der Waals surface area contributed by atoms with E-state index in [1.165, 1.54) is 0 Å². The standard InChI is InChI=1S/C21H12Cl2OS2/c22-15-5-1-3-13(11-15)20-17(7-9-25-20)19(24)18-8-10-26-21(18)14-4-2-6-16(23)12-14/h1-12H. The van der Waals surface area contributed by atoms with Gasteiger partial charge in [-0.1, -0.05) is 47.5 Å². The zero-order valence-corrected chi connectivity index (χ0v) is 16.6. The van der Waals surface area contributed by atoms with Gasteiger partial charge in [0.05, 0.1) is 0 Å². The third-order valence-corrected chi connectivity index (χ3v) is 6.39. The highest BCUT2D eigenvalue weighted by Gasteiger charge is 2.20. The molecular formula is C21H12Cl2OS2. The number of hydrogen-bond acceptors (Lipinski definition) is 3. The molecule has 0 spiro atoms. The van der Waals surface area contributed by atoms with E-state index in [0.717, 1.165) is 20.9 Å². The van der Waals surface area contributed by atoms with Crippen LogP contribution in [0.3, 0.4) is 0 Å². The first-order chi connectivity index (χ1) is 12.6. The van der Waals surface area contributed by atoms with E-state index in [1.807, 2.05) is 71.4 Å². The van der Waals surface area contributed by atoms with Crippen molar-refractivity contribution in [3.8, 4) is 20.9 Å². The van der Waals surface area contributed by atoms with Gasteiger partial charge in [-0.05, 0) is 58.3 Å². The number of rotatable bonds is 4. The highest BCUT2D eigenvalue weighted by Crippen LogP contribution is 2.37. The Balaban J connectivity index is 1.78. The van der Waals surface area contributed by atoms with Gasteiger partial charge in [0.1, 0.15) is 0 Å². The van der Waals surface area contributed by atoms with E-state index in [2.05, 4.69) is 0 Å². The zero-order valence-electron chi connectivity index (χ0n) is 13.4. The second kappa shape index (κ2) is 7.37. The lowest BCUT2D eigenvalue weighted by Gasteiger charge is -2.06. The molecule has 4 rings (SSSR count). The number of benzene rings is 2. The molecule has 0 radical (unpaired) electrons. The van der Waals surface area contributed by atoms with E-state index in [9.17, 15) is 4.79 Å². The Labute approximate surface area is 169 Å². The van der Waals surface area contributed by atoms with Crippen molar-refractivity contribution in [1.29, 1.82) is 0 Å². The van der Waals surface area contributed by atoms with Gasteiger partial charge in [-0.2, -0.15) is 0 Å². The zero-order chi connectivity index (χ0) is 18.1. The van der Waals surface area contributed by atoms with Crippen LogP contribution in [0.15, 0.2) is 71.4 Å². The van der Waals surface area contributed by atoms with Gasteiger partial charge in [-0.25, -0.2) is 0 Å². The predicted octanol–water partition coefficient (Wildman–Crippen LogP) is 7.68. The summed E-state index contributed by atoms with van der Waals surface area (Å²) in [7, 11) is 0. The minimum atomic E-state index is 0.0115. The number of carbonyl (C=O) groups excluding carboxylic acids is 1. The lowest BCUT2D eigenvalue weighted by atomic mass is 9.99. The van der Waals surface area contributed by atoms with Gasteiger partial charge in [-0.15, -0.1) is 22.7 Å². The minimum Gasteiger partial charge on any atom is -0.289 e. The molecule has 0 saturated carbocycles. The number of ketones is 1. The Bertz CT molecular complexity index is 1010. The van der Waals surface area contributed by atoms with Crippen molar-refractivity contribution in [3.63, 3.8) is 0 Å². The average molecular weight is 415 g/mol. The third kappa shape index (κ3) is 3.36. The molecule has 0 aliphatic heterocycles. The van der Waals surface area contributed by atoms with Gasteiger partial charge in [0.2, 0.25) is 0 Å². The van der Waals surface area contributed by atoms with Crippen molar-refractivity contribution < 1.29 is 4.79 Å². The van der Waals surface area contributed by atoms with Gasteiger partial charge < -0.3 is 0 Å². The number of carbonyl (C=O) groups is 1. The van der Waals surface area contributed by atoms with E-state index in [0.29, 0.717) is 21.2 Å². The fourth-order valence-electron chi connectivity index (χ4n) is 2.83. The van der Waals surface area contributed by atoms with Crippen LogP contribution in [0.5, 0.6) is 0 Å². The van der Waals surface area contributed by atoms with Crippen molar-refractivity contribution in [2.45, 2.75) is 0 Å². The molecule has 2 aromatic carbocycles. The Morgan fingerprint density at radius 2 is 1.15 bits per heavy atom. The molecule has 128 valence electrons. The molecular weight excluding hydrogens is 403 g/mol. The quantitative estimate of drug-likeness (QED) is 0.312. The first-order valence-corrected chi connectivity index (χ1v) is 10.4. The summed E-state index contributed by atoms with van der Waals surface area (Å²) in [5.74, 6) is 0.0115. The van der Waals surface area contributed by atoms with Crippen molar-refractivity contribution in [2.24, 2.45) is 0 Å². The molecule has 0 amide bonds.